The minimum Gasteiger partial charge on any atom is -0.508 e. The second-order valence-corrected chi connectivity index (χ2v) is 2.56. The number of esters is 1. The van der Waals surface area contributed by atoms with Crippen molar-refractivity contribution in [2.75, 3.05) is 7.11 Å². The molecule has 0 bridgehead atoms. The lowest BCUT2D eigenvalue weighted by atomic mass is 10.1. The SMILES string of the molecule is COC(=O)c1c(F)ccc(O)c1C. The number of halogens is 1. The number of phenolic OH excluding ortho intramolecular Hbond substituents is 1. The number of phenols is 1. The zero-order chi connectivity index (χ0) is 10.0. The normalized spacial score (nSPS) is 9.77. The lowest BCUT2D eigenvalue weighted by Crippen LogP contribution is -2.06. The Hall–Kier alpha value is -1.58. The fourth-order valence-electron chi connectivity index (χ4n) is 1.02. The van der Waals surface area contributed by atoms with Crippen LogP contribution >= 0.6 is 0 Å². The van der Waals surface area contributed by atoms with Crippen molar-refractivity contribution >= 4 is 5.97 Å². The summed E-state index contributed by atoms with van der Waals surface area (Å²) in [7, 11) is 1.16. The molecule has 0 saturated carbocycles. The molecule has 0 spiro atoms. The van der Waals surface area contributed by atoms with Crippen molar-refractivity contribution in [3.8, 4) is 5.75 Å². The van der Waals surface area contributed by atoms with Gasteiger partial charge >= 0.3 is 5.97 Å². The molecule has 0 heterocycles. The summed E-state index contributed by atoms with van der Waals surface area (Å²) in [6.45, 7) is 1.45. The summed E-state index contributed by atoms with van der Waals surface area (Å²) >= 11 is 0. The summed E-state index contributed by atoms with van der Waals surface area (Å²) in [5, 5.41) is 9.19. The zero-order valence-electron chi connectivity index (χ0n) is 7.30. The largest absolute Gasteiger partial charge is 0.508 e. The highest BCUT2D eigenvalue weighted by Gasteiger charge is 2.17. The van der Waals surface area contributed by atoms with E-state index in [1.807, 2.05) is 0 Å². The van der Waals surface area contributed by atoms with E-state index in [4.69, 9.17) is 0 Å². The predicted molar refractivity (Wildman–Crippen MR) is 44.1 cm³/mol. The van der Waals surface area contributed by atoms with Crippen molar-refractivity contribution in [1.82, 2.24) is 0 Å². The zero-order valence-corrected chi connectivity index (χ0v) is 7.30. The van der Waals surface area contributed by atoms with E-state index in [1.165, 1.54) is 13.0 Å². The maximum absolute atomic E-state index is 13.1. The van der Waals surface area contributed by atoms with E-state index in [0.29, 0.717) is 0 Å². The summed E-state index contributed by atoms with van der Waals surface area (Å²) in [5.74, 6) is -1.60. The van der Waals surface area contributed by atoms with Gasteiger partial charge in [0.25, 0.3) is 0 Å². The van der Waals surface area contributed by atoms with Crippen molar-refractivity contribution in [3.05, 3.63) is 29.1 Å². The fourth-order valence-corrected chi connectivity index (χ4v) is 1.02. The van der Waals surface area contributed by atoms with Gasteiger partial charge in [0.05, 0.1) is 7.11 Å². The second kappa shape index (κ2) is 3.43. The number of benzene rings is 1. The van der Waals surface area contributed by atoms with Gasteiger partial charge < -0.3 is 9.84 Å². The average Bonchev–Trinajstić information content (AvgIpc) is 2.12. The Morgan fingerprint density at radius 3 is 2.69 bits per heavy atom. The van der Waals surface area contributed by atoms with Crippen LogP contribution in [-0.2, 0) is 4.74 Å². The van der Waals surface area contributed by atoms with Crippen molar-refractivity contribution in [2.45, 2.75) is 6.92 Å². The Morgan fingerprint density at radius 1 is 1.54 bits per heavy atom. The number of hydrogen-bond acceptors (Lipinski definition) is 3. The van der Waals surface area contributed by atoms with Gasteiger partial charge in [-0.15, -0.1) is 0 Å². The predicted octanol–water partition coefficient (Wildman–Crippen LogP) is 1.63. The molecule has 0 radical (unpaired) electrons. The van der Waals surface area contributed by atoms with Crippen molar-refractivity contribution in [2.24, 2.45) is 0 Å². The molecule has 0 aliphatic carbocycles. The third kappa shape index (κ3) is 1.61. The highest BCUT2D eigenvalue weighted by molar-refractivity contribution is 5.91. The number of carbonyl (C=O) groups excluding carboxylic acids is 1. The van der Waals surface area contributed by atoms with Gasteiger partial charge in [-0.25, -0.2) is 9.18 Å². The highest BCUT2D eigenvalue weighted by atomic mass is 19.1. The van der Waals surface area contributed by atoms with Gasteiger partial charge in [-0.1, -0.05) is 0 Å². The number of aromatic hydroxyl groups is 1. The lowest BCUT2D eigenvalue weighted by Gasteiger charge is -2.06. The Kier molecular flexibility index (Phi) is 2.51. The highest BCUT2D eigenvalue weighted by Crippen LogP contribution is 2.22. The molecule has 70 valence electrons. The van der Waals surface area contributed by atoms with Gasteiger partial charge in [-0.2, -0.15) is 0 Å². The molecule has 0 unspecified atom stereocenters. The van der Waals surface area contributed by atoms with E-state index in [1.54, 1.807) is 0 Å². The summed E-state index contributed by atoms with van der Waals surface area (Å²) in [5.41, 5.74) is -0.0330. The van der Waals surface area contributed by atoms with Gasteiger partial charge in [0, 0.05) is 5.56 Å². The summed E-state index contributed by atoms with van der Waals surface area (Å²) < 4.78 is 17.4. The van der Waals surface area contributed by atoms with Crippen LogP contribution in [0.5, 0.6) is 5.75 Å². The molecule has 1 aromatic carbocycles. The standard InChI is InChI=1S/C9H9FO3/c1-5-7(11)4-3-6(10)8(5)9(12)13-2/h3-4,11H,1-2H3. The molecule has 0 atom stereocenters. The van der Waals surface area contributed by atoms with Crippen molar-refractivity contribution < 1.29 is 19.0 Å². The lowest BCUT2D eigenvalue weighted by molar-refractivity contribution is 0.0594. The van der Waals surface area contributed by atoms with Crippen LogP contribution in [0.1, 0.15) is 15.9 Å². The van der Waals surface area contributed by atoms with Crippen LogP contribution in [-0.4, -0.2) is 18.2 Å². The van der Waals surface area contributed by atoms with Crippen LogP contribution < -0.4 is 0 Å². The van der Waals surface area contributed by atoms with Crippen molar-refractivity contribution in [3.63, 3.8) is 0 Å². The third-order valence-corrected chi connectivity index (χ3v) is 1.78. The molecular formula is C9H9FO3. The third-order valence-electron chi connectivity index (χ3n) is 1.78. The quantitative estimate of drug-likeness (QED) is 0.674. The molecule has 0 aliphatic heterocycles. The molecule has 3 nitrogen and oxygen atoms in total. The molecule has 0 saturated heterocycles. The van der Waals surface area contributed by atoms with Gasteiger partial charge in [0.2, 0.25) is 0 Å². The monoisotopic (exact) mass is 184 g/mol. The van der Waals surface area contributed by atoms with Gasteiger partial charge in [0.1, 0.15) is 17.1 Å². The number of carbonyl (C=O) groups is 1. The number of methoxy groups -OCH3 is 1. The summed E-state index contributed by atoms with van der Waals surface area (Å²) in [6.07, 6.45) is 0. The summed E-state index contributed by atoms with van der Waals surface area (Å²) in [4.78, 5) is 11.0. The van der Waals surface area contributed by atoms with E-state index in [-0.39, 0.29) is 16.9 Å². The molecule has 1 N–H and O–H groups in total. The van der Waals surface area contributed by atoms with Crippen LogP contribution in [0.15, 0.2) is 12.1 Å². The minimum atomic E-state index is -0.786. The summed E-state index contributed by atoms with van der Waals surface area (Å²) in [6, 6.07) is 2.21. The molecule has 0 aliphatic rings. The van der Waals surface area contributed by atoms with E-state index < -0.39 is 11.8 Å². The molecular weight excluding hydrogens is 175 g/mol. The van der Waals surface area contributed by atoms with Crippen molar-refractivity contribution in [1.29, 1.82) is 0 Å². The molecule has 1 rings (SSSR count). The second-order valence-electron chi connectivity index (χ2n) is 2.56. The Labute approximate surface area is 74.8 Å². The van der Waals surface area contributed by atoms with Gasteiger partial charge in [-0.3, -0.25) is 0 Å². The molecule has 0 amide bonds. The van der Waals surface area contributed by atoms with E-state index in [9.17, 15) is 14.3 Å². The molecule has 0 aromatic heterocycles. The van der Waals surface area contributed by atoms with Crippen LogP contribution in [0.3, 0.4) is 0 Å². The smallest absolute Gasteiger partial charge is 0.341 e. The molecule has 1 aromatic rings. The Bertz CT molecular complexity index is 347. The Balaban J connectivity index is 3.33. The average molecular weight is 184 g/mol. The topological polar surface area (TPSA) is 46.5 Å². The van der Waals surface area contributed by atoms with E-state index >= 15 is 0 Å². The Morgan fingerprint density at radius 2 is 2.15 bits per heavy atom. The van der Waals surface area contributed by atoms with E-state index in [2.05, 4.69) is 4.74 Å². The van der Waals surface area contributed by atoms with Gasteiger partial charge in [-0.05, 0) is 19.1 Å². The number of rotatable bonds is 1. The molecule has 0 fully saturated rings. The fraction of sp³-hybridized carbons (Fsp3) is 0.222. The molecule has 4 heteroatoms. The van der Waals surface area contributed by atoms with Crippen LogP contribution in [0.4, 0.5) is 4.39 Å². The first-order valence-electron chi connectivity index (χ1n) is 3.64. The van der Waals surface area contributed by atoms with E-state index in [0.717, 1.165) is 13.2 Å². The van der Waals surface area contributed by atoms with Crippen LogP contribution in [0, 0.1) is 12.7 Å². The first-order chi connectivity index (χ1) is 6.07. The van der Waals surface area contributed by atoms with Crippen LogP contribution in [0.2, 0.25) is 0 Å². The minimum absolute atomic E-state index is 0.123. The first-order valence-corrected chi connectivity index (χ1v) is 3.64. The first kappa shape index (κ1) is 9.51. The van der Waals surface area contributed by atoms with Crippen LogP contribution in [0.25, 0.3) is 0 Å². The maximum Gasteiger partial charge on any atom is 0.341 e. The van der Waals surface area contributed by atoms with Gasteiger partial charge in [0.15, 0.2) is 0 Å². The number of hydrogen-bond donors (Lipinski definition) is 1. The molecule has 13 heavy (non-hydrogen) atoms. The number of ether oxygens (including phenoxy) is 1. The maximum atomic E-state index is 13.1.